The van der Waals surface area contributed by atoms with Gasteiger partial charge in [-0.05, 0) is 36.8 Å². The molecule has 3 aromatic rings. The monoisotopic (exact) mass is 386 g/mol. The van der Waals surface area contributed by atoms with E-state index in [0.29, 0.717) is 6.54 Å². The number of anilines is 1. The largest absolute Gasteiger partial charge is 0.355 e. The molecule has 0 unspecified atom stereocenters. The highest BCUT2D eigenvalue weighted by Crippen LogP contribution is 2.32. The molecule has 0 saturated carbocycles. The fourth-order valence-electron chi connectivity index (χ4n) is 3.43. The summed E-state index contributed by atoms with van der Waals surface area (Å²) in [4.78, 5) is 27.4. The van der Waals surface area contributed by atoms with Crippen molar-refractivity contribution in [2.45, 2.75) is 32.7 Å². The molecule has 1 atom stereocenters. The summed E-state index contributed by atoms with van der Waals surface area (Å²) in [6, 6.07) is 6.27. The standard InChI is InChI=1S/C19H22N4OS2/c1-2-14-9-16-17(21-12-22-19(16)26-14)23-7-3-5-13(11-23)18(24)20-10-15-6-4-8-25-15/h4,6,8-9,12-13H,2-3,5,7,10-11H2,1H3,(H,20,24)/t13-/m0/s1. The molecule has 1 amide bonds. The Hall–Kier alpha value is -1.99. The Morgan fingerprint density at radius 1 is 1.38 bits per heavy atom. The van der Waals surface area contributed by atoms with Crippen LogP contribution < -0.4 is 10.2 Å². The number of piperidine rings is 1. The van der Waals surface area contributed by atoms with Crippen molar-refractivity contribution >= 4 is 44.6 Å². The molecule has 4 heterocycles. The Morgan fingerprint density at radius 2 is 2.31 bits per heavy atom. The van der Waals surface area contributed by atoms with Crippen LogP contribution in [-0.4, -0.2) is 29.0 Å². The maximum absolute atomic E-state index is 12.6. The van der Waals surface area contributed by atoms with Gasteiger partial charge in [-0.3, -0.25) is 4.79 Å². The fourth-order valence-corrected chi connectivity index (χ4v) is 5.01. The van der Waals surface area contributed by atoms with Gasteiger partial charge in [-0.2, -0.15) is 0 Å². The van der Waals surface area contributed by atoms with Gasteiger partial charge in [0, 0.05) is 22.8 Å². The number of fused-ring (bicyclic) bond motifs is 1. The summed E-state index contributed by atoms with van der Waals surface area (Å²) in [5.74, 6) is 1.13. The lowest BCUT2D eigenvalue weighted by atomic mass is 9.97. The number of aryl methyl sites for hydroxylation is 1. The van der Waals surface area contributed by atoms with Crippen molar-refractivity contribution in [3.05, 3.63) is 39.7 Å². The van der Waals surface area contributed by atoms with Gasteiger partial charge in [0.25, 0.3) is 0 Å². The van der Waals surface area contributed by atoms with Crippen molar-refractivity contribution in [1.29, 1.82) is 0 Å². The maximum Gasteiger partial charge on any atom is 0.225 e. The zero-order chi connectivity index (χ0) is 17.9. The lowest BCUT2D eigenvalue weighted by Gasteiger charge is -2.33. The smallest absolute Gasteiger partial charge is 0.225 e. The molecule has 136 valence electrons. The summed E-state index contributed by atoms with van der Waals surface area (Å²) in [5, 5.41) is 6.25. The summed E-state index contributed by atoms with van der Waals surface area (Å²) >= 11 is 3.41. The van der Waals surface area contributed by atoms with Gasteiger partial charge in [-0.25, -0.2) is 9.97 Å². The second-order valence-electron chi connectivity index (χ2n) is 6.56. The lowest BCUT2D eigenvalue weighted by molar-refractivity contribution is -0.125. The van der Waals surface area contributed by atoms with Crippen LogP contribution in [0.5, 0.6) is 0 Å². The van der Waals surface area contributed by atoms with Crippen molar-refractivity contribution in [2.75, 3.05) is 18.0 Å². The number of nitrogens with zero attached hydrogens (tertiary/aromatic N) is 3. The molecular weight excluding hydrogens is 364 g/mol. The predicted octanol–water partition coefficient (Wildman–Crippen LogP) is 3.85. The van der Waals surface area contributed by atoms with E-state index >= 15 is 0 Å². The van der Waals surface area contributed by atoms with Crippen molar-refractivity contribution in [3.8, 4) is 0 Å². The Labute approximate surface area is 161 Å². The summed E-state index contributed by atoms with van der Waals surface area (Å²) < 4.78 is 0. The van der Waals surface area contributed by atoms with Gasteiger partial charge in [0.1, 0.15) is 17.0 Å². The Balaban J connectivity index is 1.48. The first-order valence-electron chi connectivity index (χ1n) is 9.03. The summed E-state index contributed by atoms with van der Waals surface area (Å²) in [7, 11) is 0. The van der Waals surface area contributed by atoms with E-state index in [1.165, 1.54) is 9.75 Å². The molecule has 1 aliphatic rings. The normalized spacial score (nSPS) is 17.6. The van der Waals surface area contributed by atoms with Crippen LogP contribution in [0.1, 0.15) is 29.5 Å². The fraction of sp³-hybridized carbons (Fsp3) is 0.421. The molecule has 5 nitrogen and oxygen atoms in total. The van der Waals surface area contributed by atoms with Crippen LogP contribution in [-0.2, 0) is 17.8 Å². The van der Waals surface area contributed by atoms with Gasteiger partial charge >= 0.3 is 0 Å². The van der Waals surface area contributed by atoms with Crippen LogP contribution in [0, 0.1) is 5.92 Å². The van der Waals surface area contributed by atoms with Crippen LogP contribution in [0.25, 0.3) is 10.2 Å². The maximum atomic E-state index is 12.6. The van der Waals surface area contributed by atoms with E-state index in [9.17, 15) is 4.79 Å². The average Bonchev–Trinajstić information content (AvgIpc) is 3.35. The van der Waals surface area contributed by atoms with Crippen LogP contribution in [0.15, 0.2) is 29.9 Å². The molecule has 1 aliphatic heterocycles. The molecule has 4 rings (SSSR count). The van der Waals surface area contributed by atoms with Crippen LogP contribution in [0.4, 0.5) is 5.82 Å². The second-order valence-corrected chi connectivity index (χ2v) is 8.71. The number of nitrogens with one attached hydrogen (secondary N) is 1. The number of rotatable bonds is 5. The number of carbonyl (C=O) groups excluding carboxylic acids is 1. The molecule has 26 heavy (non-hydrogen) atoms. The zero-order valence-corrected chi connectivity index (χ0v) is 16.4. The summed E-state index contributed by atoms with van der Waals surface area (Å²) in [6.45, 7) is 4.44. The highest BCUT2D eigenvalue weighted by atomic mass is 32.1. The van der Waals surface area contributed by atoms with Crippen LogP contribution >= 0.6 is 22.7 Å². The lowest BCUT2D eigenvalue weighted by Crippen LogP contribution is -2.43. The van der Waals surface area contributed by atoms with Gasteiger partial charge in [-0.15, -0.1) is 22.7 Å². The third-order valence-electron chi connectivity index (χ3n) is 4.82. The quantitative estimate of drug-likeness (QED) is 0.724. The molecular formula is C19H22N4OS2. The van der Waals surface area contributed by atoms with Gasteiger partial charge in [0.15, 0.2) is 0 Å². The Morgan fingerprint density at radius 3 is 3.12 bits per heavy atom. The van der Waals surface area contributed by atoms with Crippen molar-refractivity contribution < 1.29 is 4.79 Å². The summed E-state index contributed by atoms with van der Waals surface area (Å²) in [6.07, 6.45) is 4.60. The summed E-state index contributed by atoms with van der Waals surface area (Å²) in [5.41, 5.74) is 0. The number of hydrogen-bond acceptors (Lipinski definition) is 6. The minimum absolute atomic E-state index is 0.0120. The van der Waals surface area contributed by atoms with E-state index in [1.54, 1.807) is 29.0 Å². The van der Waals surface area contributed by atoms with E-state index in [-0.39, 0.29) is 11.8 Å². The molecule has 0 radical (unpaired) electrons. The SMILES string of the molecule is CCc1cc2c(N3CCC[C@H](C(=O)NCc4cccs4)C3)ncnc2s1. The number of aromatic nitrogens is 2. The molecule has 0 spiro atoms. The van der Waals surface area contributed by atoms with Crippen molar-refractivity contribution in [2.24, 2.45) is 5.92 Å². The van der Waals surface area contributed by atoms with Crippen LogP contribution in [0.3, 0.4) is 0 Å². The topological polar surface area (TPSA) is 58.1 Å². The Bertz CT molecular complexity index is 890. The first-order chi connectivity index (χ1) is 12.7. The number of hydrogen-bond donors (Lipinski definition) is 1. The number of thiophene rings is 2. The van der Waals surface area contributed by atoms with E-state index in [1.807, 2.05) is 11.4 Å². The zero-order valence-electron chi connectivity index (χ0n) is 14.8. The molecule has 1 saturated heterocycles. The van der Waals surface area contributed by atoms with E-state index < -0.39 is 0 Å². The Kier molecular flexibility index (Phi) is 5.17. The highest BCUT2D eigenvalue weighted by molar-refractivity contribution is 7.18. The third kappa shape index (κ3) is 3.59. The molecule has 3 aromatic heterocycles. The van der Waals surface area contributed by atoms with Gasteiger partial charge in [-0.1, -0.05) is 13.0 Å². The van der Waals surface area contributed by atoms with E-state index in [4.69, 9.17) is 0 Å². The van der Waals surface area contributed by atoms with Gasteiger partial charge in [0.05, 0.1) is 17.8 Å². The van der Waals surface area contributed by atoms with Gasteiger partial charge in [0.2, 0.25) is 5.91 Å². The van der Waals surface area contributed by atoms with E-state index in [0.717, 1.165) is 48.4 Å². The van der Waals surface area contributed by atoms with Crippen molar-refractivity contribution in [1.82, 2.24) is 15.3 Å². The number of carbonyl (C=O) groups is 1. The minimum Gasteiger partial charge on any atom is -0.355 e. The molecule has 0 aromatic carbocycles. The highest BCUT2D eigenvalue weighted by Gasteiger charge is 2.27. The molecule has 1 N–H and O–H groups in total. The van der Waals surface area contributed by atoms with Gasteiger partial charge < -0.3 is 10.2 Å². The molecule has 0 aliphatic carbocycles. The third-order valence-corrected chi connectivity index (χ3v) is 6.88. The van der Waals surface area contributed by atoms with E-state index in [2.05, 4.69) is 39.2 Å². The molecule has 0 bridgehead atoms. The average molecular weight is 387 g/mol. The second kappa shape index (κ2) is 7.72. The predicted molar refractivity (Wildman–Crippen MR) is 108 cm³/mol. The van der Waals surface area contributed by atoms with Crippen molar-refractivity contribution in [3.63, 3.8) is 0 Å². The first kappa shape index (κ1) is 17.4. The molecule has 7 heteroatoms. The molecule has 1 fully saturated rings. The first-order valence-corrected chi connectivity index (χ1v) is 10.7. The number of amides is 1. The van der Waals surface area contributed by atoms with Crippen LogP contribution in [0.2, 0.25) is 0 Å². The minimum atomic E-state index is 0.0120.